The molecular weight excluding hydrogens is 350 g/mol. The molecule has 2 heterocycles. The van der Waals surface area contributed by atoms with Crippen LogP contribution in [0, 0.1) is 41.4 Å². The molecule has 2 aliphatic rings. The monoisotopic (exact) mass is 377 g/mol. The van der Waals surface area contributed by atoms with Gasteiger partial charge in [-0.15, -0.1) is 0 Å². The molecule has 2 aromatic heterocycles. The van der Waals surface area contributed by atoms with Crippen LogP contribution >= 0.6 is 0 Å². The normalized spacial score (nSPS) is 22.9. The molecule has 0 bridgehead atoms. The van der Waals surface area contributed by atoms with E-state index >= 15 is 0 Å². The van der Waals surface area contributed by atoms with Crippen LogP contribution in [-0.4, -0.2) is 19.5 Å². The van der Waals surface area contributed by atoms with Crippen molar-refractivity contribution in [3.8, 4) is 23.7 Å². The number of anilines is 1. The van der Waals surface area contributed by atoms with Crippen molar-refractivity contribution in [3.63, 3.8) is 0 Å². The van der Waals surface area contributed by atoms with Gasteiger partial charge in [-0.2, -0.15) is 4.98 Å². The molecule has 0 amide bonds. The predicted molar refractivity (Wildman–Crippen MR) is 110 cm³/mol. The van der Waals surface area contributed by atoms with Crippen LogP contribution in [0.4, 0.5) is 5.95 Å². The second kappa shape index (κ2) is 8.10. The molecule has 0 radical (unpaired) electrons. The smallest absolute Gasteiger partial charge is 0.280 e. The standard InChI is InChI=1S/C22H27N5O/c1-27-18(24-19-20(27)25-22(23)26-21(19)28)14-13-17-11-9-16(10-12-17)8-7-15-5-3-2-4-6-15/h15-17H,2-6,9-12H2,1H3,(H3,23,25,26,28). The first kappa shape index (κ1) is 18.6. The van der Waals surface area contributed by atoms with Gasteiger partial charge >= 0.3 is 0 Å². The number of nitrogens with two attached hydrogens (primary N) is 1. The van der Waals surface area contributed by atoms with Gasteiger partial charge in [0, 0.05) is 24.8 Å². The molecule has 0 atom stereocenters. The first-order valence-electron chi connectivity index (χ1n) is 10.3. The van der Waals surface area contributed by atoms with E-state index in [1.54, 1.807) is 4.57 Å². The van der Waals surface area contributed by atoms with Gasteiger partial charge in [0.15, 0.2) is 17.0 Å². The maximum Gasteiger partial charge on any atom is 0.280 e. The summed E-state index contributed by atoms with van der Waals surface area (Å²) in [6.07, 6.45) is 11.0. The van der Waals surface area contributed by atoms with E-state index in [0.717, 1.165) is 25.7 Å². The summed E-state index contributed by atoms with van der Waals surface area (Å²) >= 11 is 0. The lowest BCUT2D eigenvalue weighted by Crippen LogP contribution is -2.12. The van der Waals surface area contributed by atoms with Gasteiger partial charge in [-0.05, 0) is 44.4 Å². The molecular formula is C22H27N5O. The zero-order valence-electron chi connectivity index (χ0n) is 16.4. The van der Waals surface area contributed by atoms with E-state index in [0.29, 0.717) is 29.2 Å². The molecule has 146 valence electrons. The minimum absolute atomic E-state index is 0.0904. The van der Waals surface area contributed by atoms with Crippen LogP contribution in [0.3, 0.4) is 0 Å². The summed E-state index contributed by atoms with van der Waals surface area (Å²) in [5, 5.41) is 0. The van der Waals surface area contributed by atoms with Crippen molar-refractivity contribution in [1.82, 2.24) is 19.5 Å². The molecule has 2 saturated carbocycles. The van der Waals surface area contributed by atoms with Crippen LogP contribution in [-0.2, 0) is 7.05 Å². The SMILES string of the molecule is Cn1c(C#CC2CCC(C#CC3CCCCC3)CC2)nc2c(=O)[nH]c(N)nc21. The minimum Gasteiger partial charge on any atom is -0.369 e. The number of aromatic amines is 1. The van der Waals surface area contributed by atoms with E-state index in [9.17, 15) is 4.79 Å². The van der Waals surface area contributed by atoms with Gasteiger partial charge in [-0.25, -0.2) is 4.98 Å². The Balaban J connectivity index is 1.40. The second-order valence-electron chi connectivity index (χ2n) is 8.06. The van der Waals surface area contributed by atoms with Gasteiger partial charge in [0.05, 0.1) is 0 Å². The Morgan fingerprint density at radius 3 is 2.21 bits per heavy atom. The highest BCUT2D eigenvalue weighted by molar-refractivity contribution is 5.72. The zero-order valence-corrected chi connectivity index (χ0v) is 16.4. The summed E-state index contributed by atoms with van der Waals surface area (Å²) in [7, 11) is 1.81. The van der Waals surface area contributed by atoms with Gasteiger partial charge in [0.2, 0.25) is 5.95 Å². The number of imidazole rings is 1. The molecule has 6 nitrogen and oxygen atoms in total. The number of aromatic nitrogens is 4. The highest BCUT2D eigenvalue weighted by Crippen LogP contribution is 2.29. The van der Waals surface area contributed by atoms with Gasteiger partial charge in [-0.1, -0.05) is 37.0 Å². The van der Waals surface area contributed by atoms with Crippen LogP contribution < -0.4 is 11.3 Å². The van der Waals surface area contributed by atoms with Gasteiger partial charge < -0.3 is 10.3 Å². The zero-order chi connectivity index (χ0) is 19.5. The summed E-state index contributed by atoms with van der Waals surface area (Å²) in [6.45, 7) is 0. The number of nitrogens with one attached hydrogen (secondary N) is 1. The van der Waals surface area contributed by atoms with Gasteiger partial charge in [0.25, 0.3) is 5.56 Å². The third kappa shape index (κ3) is 4.07. The number of hydrogen-bond donors (Lipinski definition) is 2. The molecule has 0 aromatic carbocycles. The van der Waals surface area contributed by atoms with E-state index in [2.05, 4.69) is 38.6 Å². The highest BCUT2D eigenvalue weighted by atomic mass is 16.1. The Labute approximate surface area is 165 Å². The Bertz CT molecular complexity index is 1030. The van der Waals surface area contributed by atoms with E-state index in [1.807, 2.05) is 7.05 Å². The fourth-order valence-corrected chi connectivity index (χ4v) is 4.23. The van der Waals surface area contributed by atoms with E-state index < -0.39 is 0 Å². The first-order chi connectivity index (χ1) is 13.6. The molecule has 4 rings (SSSR count). The minimum atomic E-state index is -0.330. The lowest BCUT2D eigenvalue weighted by atomic mass is 9.82. The fraction of sp³-hybridized carbons (Fsp3) is 0.591. The molecule has 3 N–H and O–H groups in total. The summed E-state index contributed by atoms with van der Waals surface area (Å²) in [5.74, 6) is 15.8. The first-order valence-corrected chi connectivity index (χ1v) is 10.3. The van der Waals surface area contributed by atoms with E-state index in [4.69, 9.17) is 5.73 Å². The second-order valence-corrected chi connectivity index (χ2v) is 8.06. The predicted octanol–water partition coefficient (Wildman–Crippen LogP) is 2.98. The molecule has 6 heteroatoms. The Hall–Kier alpha value is -2.73. The summed E-state index contributed by atoms with van der Waals surface area (Å²) in [6, 6.07) is 0. The largest absolute Gasteiger partial charge is 0.369 e. The Morgan fingerprint density at radius 1 is 0.929 bits per heavy atom. The van der Waals surface area contributed by atoms with Crippen LogP contribution in [0.15, 0.2) is 4.79 Å². The molecule has 0 spiro atoms. The molecule has 2 aliphatic carbocycles. The molecule has 2 fully saturated rings. The molecule has 0 aliphatic heterocycles. The number of hydrogen-bond acceptors (Lipinski definition) is 4. The quantitative estimate of drug-likeness (QED) is 0.691. The topological polar surface area (TPSA) is 89.6 Å². The lowest BCUT2D eigenvalue weighted by Gasteiger charge is -2.22. The van der Waals surface area contributed by atoms with Crippen LogP contribution in [0.25, 0.3) is 11.2 Å². The highest BCUT2D eigenvalue weighted by Gasteiger charge is 2.19. The third-order valence-corrected chi connectivity index (χ3v) is 5.96. The maximum absolute atomic E-state index is 12.0. The number of fused-ring (bicyclic) bond motifs is 1. The van der Waals surface area contributed by atoms with Crippen molar-refractivity contribution in [2.45, 2.75) is 57.8 Å². The van der Waals surface area contributed by atoms with E-state index in [-0.39, 0.29) is 17.0 Å². The molecule has 28 heavy (non-hydrogen) atoms. The summed E-state index contributed by atoms with van der Waals surface area (Å²) in [4.78, 5) is 22.9. The van der Waals surface area contributed by atoms with Crippen molar-refractivity contribution in [1.29, 1.82) is 0 Å². The number of nitrogens with zero attached hydrogens (tertiary/aromatic N) is 3. The summed E-state index contributed by atoms with van der Waals surface area (Å²) < 4.78 is 1.73. The number of nitrogen functional groups attached to an aromatic ring is 1. The van der Waals surface area contributed by atoms with Crippen LogP contribution in [0.1, 0.15) is 63.6 Å². The summed E-state index contributed by atoms with van der Waals surface area (Å²) in [5.41, 5.74) is 6.04. The van der Waals surface area contributed by atoms with E-state index in [1.165, 1.54) is 32.1 Å². The molecule has 0 saturated heterocycles. The average molecular weight is 377 g/mol. The van der Waals surface area contributed by atoms with Crippen molar-refractivity contribution in [3.05, 3.63) is 16.2 Å². The number of aryl methyl sites for hydroxylation is 1. The lowest BCUT2D eigenvalue weighted by molar-refractivity contribution is 0.371. The van der Waals surface area contributed by atoms with Crippen molar-refractivity contribution < 1.29 is 0 Å². The Kier molecular flexibility index (Phi) is 5.39. The average Bonchev–Trinajstić information content (AvgIpc) is 3.03. The Morgan fingerprint density at radius 2 is 1.54 bits per heavy atom. The van der Waals surface area contributed by atoms with Crippen molar-refractivity contribution >= 4 is 17.1 Å². The fourth-order valence-electron chi connectivity index (χ4n) is 4.23. The van der Waals surface area contributed by atoms with Gasteiger partial charge in [0.1, 0.15) is 0 Å². The molecule has 2 aromatic rings. The number of rotatable bonds is 0. The molecule has 0 unspecified atom stereocenters. The van der Waals surface area contributed by atoms with Gasteiger partial charge in [-0.3, -0.25) is 9.78 Å². The van der Waals surface area contributed by atoms with Crippen molar-refractivity contribution in [2.24, 2.45) is 24.8 Å². The maximum atomic E-state index is 12.0. The van der Waals surface area contributed by atoms with Crippen molar-refractivity contribution in [2.75, 3.05) is 5.73 Å². The third-order valence-electron chi connectivity index (χ3n) is 5.96. The number of H-pyrrole nitrogens is 1. The van der Waals surface area contributed by atoms with Crippen LogP contribution in [0.2, 0.25) is 0 Å². The van der Waals surface area contributed by atoms with Crippen LogP contribution in [0.5, 0.6) is 0 Å².